The van der Waals surface area contributed by atoms with E-state index >= 15 is 0 Å². The van der Waals surface area contributed by atoms with Gasteiger partial charge in [-0.1, -0.05) is 6.07 Å². The summed E-state index contributed by atoms with van der Waals surface area (Å²) in [6.45, 7) is 1.89. The predicted octanol–water partition coefficient (Wildman–Crippen LogP) is 3.60. The van der Waals surface area contributed by atoms with E-state index in [0.717, 1.165) is 17.3 Å². The van der Waals surface area contributed by atoms with Crippen LogP contribution in [0.2, 0.25) is 0 Å². The molecule has 2 nitrogen and oxygen atoms in total. The van der Waals surface area contributed by atoms with Gasteiger partial charge in [0.05, 0.1) is 0 Å². The molecule has 2 aromatic carbocycles. The average molecular weight is 234 g/mol. The molecule has 0 saturated heterocycles. The number of aryl methyl sites for hydroxylation is 1. The van der Waals surface area contributed by atoms with Gasteiger partial charge >= 0.3 is 0 Å². The van der Waals surface area contributed by atoms with E-state index in [9.17, 15) is 8.78 Å². The molecule has 0 fully saturated rings. The van der Waals surface area contributed by atoms with Gasteiger partial charge in [0.15, 0.2) is 0 Å². The molecule has 0 heterocycles. The summed E-state index contributed by atoms with van der Waals surface area (Å²) in [6.07, 6.45) is 0. The number of rotatable bonds is 2. The number of nitrogens with one attached hydrogen (secondary N) is 1. The van der Waals surface area contributed by atoms with E-state index in [2.05, 4.69) is 5.32 Å². The van der Waals surface area contributed by atoms with Gasteiger partial charge in [0, 0.05) is 23.1 Å². The number of benzene rings is 2. The smallest absolute Gasteiger partial charge is 0.128 e. The molecule has 0 aromatic heterocycles. The quantitative estimate of drug-likeness (QED) is 0.779. The molecule has 0 radical (unpaired) electrons. The summed E-state index contributed by atoms with van der Waals surface area (Å²) in [5.74, 6) is -1.23. The van der Waals surface area contributed by atoms with Gasteiger partial charge in [-0.25, -0.2) is 8.78 Å². The van der Waals surface area contributed by atoms with E-state index in [1.54, 1.807) is 12.1 Å². The first-order chi connectivity index (χ1) is 8.04. The van der Waals surface area contributed by atoms with Gasteiger partial charge in [-0.05, 0) is 36.8 Å². The molecule has 0 aliphatic heterocycles. The van der Waals surface area contributed by atoms with Crippen LogP contribution in [0.1, 0.15) is 5.56 Å². The zero-order valence-electron chi connectivity index (χ0n) is 9.30. The third kappa shape index (κ3) is 2.72. The minimum atomic E-state index is -0.617. The molecule has 0 unspecified atom stereocenters. The van der Waals surface area contributed by atoms with Gasteiger partial charge in [0.1, 0.15) is 11.6 Å². The number of anilines is 3. The van der Waals surface area contributed by atoms with Gasteiger partial charge in [-0.15, -0.1) is 0 Å². The first-order valence-electron chi connectivity index (χ1n) is 5.14. The number of nitrogens with two attached hydrogens (primary N) is 1. The van der Waals surface area contributed by atoms with Crippen molar-refractivity contribution in [3.63, 3.8) is 0 Å². The van der Waals surface area contributed by atoms with Gasteiger partial charge in [0.2, 0.25) is 0 Å². The molecule has 0 spiro atoms. The number of hydrogen-bond acceptors (Lipinski definition) is 2. The van der Waals surface area contributed by atoms with Crippen LogP contribution in [-0.4, -0.2) is 0 Å². The Morgan fingerprint density at radius 1 is 1.00 bits per heavy atom. The Morgan fingerprint density at radius 2 is 1.65 bits per heavy atom. The van der Waals surface area contributed by atoms with Gasteiger partial charge in [0.25, 0.3) is 0 Å². The summed E-state index contributed by atoms with van der Waals surface area (Å²) in [5.41, 5.74) is 8.28. The maximum absolute atomic E-state index is 13.0. The Labute approximate surface area is 98.1 Å². The molecule has 17 heavy (non-hydrogen) atoms. The van der Waals surface area contributed by atoms with Gasteiger partial charge in [-0.2, -0.15) is 0 Å². The molecule has 0 atom stereocenters. The number of nitrogen functional groups attached to an aromatic ring is 1. The molecule has 88 valence electrons. The summed E-state index contributed by atoms with van der Waals surface area (Å²) in [4.78, 5) is 0. The van der Waals surface area contributed by atoms with Crippen molar-refractivity contribution in [2.75, 3.05) is 11.1 Å². The lowest BCUT2D eigenvalue weighted by Crippen LogP contribution is -1.96. The van der Waals surface area contributed by atoms with E-state index in [1.807, 2.05) is 13.0 Å². The minimum Gasteiger partial charge on any atom is -0.399 e. The average Bonchev–Trinajstić information content (AvgIpc) is 2.22. The van der Waals surface area contributed by atoms with Crippen molar-refractivity contribution >= 4 is 17.1 Å². The zero-order valence-corrected chi connectivity index (χ0v) is 9.30. The van der Waals surface area contributed by atoms with E-state index in [-0.39, 0.29) is 0 Å². The van der Waals surface area contributed by atoms with Gasteiger partial charge < -0.3 is 11.1 Å². The largest absolute Gasteiger partial charge is 0.399 e. The molecule has 0 aliphatic rings. The molecule has 0 aliphatic carbocycles. The van der Waals surface area contributed by atoms with Crippen LogP contribution in [0, 0.1) is 18.6 Å². The Balaban J connectivity index is 2.34. The molecule has 2 aromatic rings. The second-order valence-corrected chi connectivity index (χ2v) is 3.86. The topological polar surface area (TPSA) is 38.0 Å². The molecular weight excluding hydrogens is 222 g/mol. The van der Waals surface area contributed by atoms with E-state index in [1.165, 1.54) is 12.1 Å². The lowest BCUT2D eigenvalue weighted by Gasteiger charge is -2.10. The summed E-state index contributed by atoms with van der Waals surface area (Å²) < 4.78 is 26.0. The SMILES string of the molecule is Cc1ccc(N)cc1Nc1cc(F)cc(F)c1. The van der Waals surface area contributed by atoms with Crippen molar-refractivity contribution in [1.29, 1.82) is 0 Å². The Hall–Kier alpha value is -2.10. The van der Waals surface area contributed by atoms with E-state index in [0.29, 0.717) is 11.4 Å². The normalized spacial score (nSPS) is 10.3. The second kappa shape index (κ2) is 4.41. The monoisotopic (exact) mass is 234 g/mol. The standard InChI is InChI=1S/C13H12F2N2/c1-8-2-3-11(16)7-13(8)17-12-5-9(14)4-10(15)6-12/h2-7,17H,16H2,1H3. The number of halogens is 2. The fraction of sp³-hybridized carbons (Fsp3) is 0.0769. The fourth-order valence-corrected chi connectivity index (χ4v) is 1.56. The second-order valence-electron chi connectivity index (χ2n) is 3.86. The molecule has 0 bridgehead atoms. The van der Waals surface area contributed by atoms with Crippen LogP contribution in [-0.2, 0) is 0 Å². The third-order valence-corrected chi connectivity index (χ3v) is 2.40. The van der Waals surface area contributed by atoms with Crippen LogP contribution in [0.25, 0.3) is 0 Å². The minimum absolute atomic E-state index is 0.358. The highest BCUT2D eigenvalue weighted by atomic mass is 19.1. The van der Waals surface area contributed by atoms with Gasteiger partial charge in [-0.3, -0.25) is 0 Å². The lowest BCUT2D eigenvalue weighted by atomic mass is 10.1. The number of hydrogen-bond donors (Lipinski definition) is 2. The van der Waals surface area contributed by atoms with Crippen LogP contribution in [0.15, 0.2) is 36.4 Å². The highest BCUT2D eigenvalue weighted by Gasteiger charge is 2.03. The van der Waals surface area contributed by atoms with Crippen LogP contribution in [0.5, 0.6) is 0 Å². The first kappa shape index (κ1) is 11.4. The fourth-order valence-electron chi connectivity index (χ4n) is 1.56. The van der Waals surface area contributed by atoms with Crippen LogP contribution < -0.4 is 11.1 Å². The predicted molar refractivity (Wildman–Crippen MR) is 65.2 cm³/mol. The summed E-state index contributed by atoms with van der Waals surface area (Å²) in [5, 5.41) is 2.93. The van der Waals surface area contributed by atoms with Crippen LogP contribution in [0.4, 0.5) is 25.8 Å². The zero-order chi connectivity index (χ0) is 12.4. The molecule has 4 heteroatoms. The van der Waals surface area contributed by atoms with Crippen molar-refractivity contribution in [2.24, 2.45) is 0 Å². The molecule has 3 N–H and O–H groups in total. The molecular formula is C13H12F2N2. The molecule has 0 amide bonds. The van der Waals surface area contributed by atoms with E-state index in [4.69, 9.17) is 5.73 Å². The van der Waals surface area contributed by atoms with Crippen molar-refractivity contribution < 1.29 is 8.78 Å². The Morgan fingerprint density at radius 3 is 2.29 bits per heavy atom. The van der Waals surface area contributed by atoms with Crippen molar-refractivity contribution in [3.8, 4) is 0 Å². The van der Waals surface area contributed by atoms with Crippen LogP contribution >= 0.6 is 0 Å². The van der Waals surface area contributed by atoms with Crippen molar-refractivity contribution in [2.45, 2.75) is 6.92 Å². The molecule has 2 rings (SSSR count). The molecule has 0 saturated carbocycles. The van der Waals surface area contributed by atoms with Crippen molar-refractivity contribution in [3.05, 3.63) is 53.6 Å². The van der Waals surface area contributed by atoms with E-state index < -0.39 is 11.6 Å². The maximum Gasteiger partial charge on any atom is 0.128 e. The Bertz CT molecular complexity index is 533. The van der Waals surface area contributed by atoms with Crippen molar-refractivity contribution in [1.82, 2.24) is 0 Å². The highest BCUT2D eigenvalue weighted by Crippen LogP contribution is 2.23. The summed E-state index contributed by atoms with van der Waals surface area (Å²) >= 11 is 0. The Kier molecular flexibility index (Phi) is 2.95. The highest BCUT2D eigenvalue weighted by molar-refractivity contribution is 5.67. The third-order valence-electron chi connectivity index (χ3n) is 2.40. The lowest BCUT2D eigenvalue weighted by molar-refractivity contribution is 0.584. The summed E-state index contributed by atoms with van der Waals surface area (Å²) in [6, 6.07) is 8.62. The summed E-state index contributed by atoms with van der Waals surface area (Å²) in [7, 11) is 0. The maximum atomic E-state index is 13.0. The van der Waals surface area contributed by atoms with Crippen LogP contribution in [0.3, 0.4) is 0 Å². The first-order valence-corrected chi connectivity index (χ1v) is 5.14.